The van der Waals surface area contributed by atoms with Crippen molar-refractivity contribution in [2.75, 3.05) is 28.2 Å². The predicted molar refractivity (Wildman–Crippen MR) is 39.9 cm³/mol. The SMILES string of the molecule is CN=O.CNC(=O)N(C)C. The minimum atomic E-state index is -0.0694. The quantitative estimate of drug-likeness (QED) is 0.500. The van der Waals surface area contributed by atoms with Crippen LogP contribution in [-0.2, 0) is 0 Å². The highest BCUT2D eigenvalue weighted by atomic mass is 16.2. The largest absolute Gasteiger partial charge is 0.341 e. The van der Waals surface area contributed by atoms with Gasteiger partial charge in [-0.25, -0.2) is 4.79 Å². The van der Waals surface area contributed by atoms with Crippen molar-refractivity contribution < 1.29 is 4.79 Å². The average Bonchev–Trinajstić information content (AvgIpc) is 1.88. The van der Waals surface area contributed by atoms with Crippen LogP contribution >= 0.6 is 0 Å². The van der Waals surface area contributed by atoms with E-state index >= 15 is 0 Å². The first-order valence-corrected chi connectivity index (χ1v) is 2.70. The molecule has 0 aromatic carbocycles. The van der Waals surface area contributed by atoms with Gasteiger partial charge >= 0.3 is 6.03 Å². The monoisotopic (exact) mass is 147 g/mol. The van der Waals surface area contributed by atoms with E-state index in [4.69, 9.17) is 4.91 Å². The maximum Gasteiger partial charge on any atom is 0.316 e. The predicted octanol–water partition coefficient (Wildman–Crippen LogP) is 0.270. The Hall–Kier alpha value is -1.13. The summed E-state index contributed by atoms with van der Waals surface area (Å²) in [4.78, 5) is 20.4. The molecule has 0 atom stereocenters. The number of hydrogen-bond acceptors (Lipinski definition) is 3. The van der Waals surface area contributed by atoms with Crippen molar-refractivity contribution in [3.63, 3.8) is 0 Å². The van der Waals surface area contributed by atoms with E-state index in [-0.39, 0.29) is 6.03 Å². The molecule has 0 unspecified atom stereocenters. The van der Waals surface area contributed by atoms with Gasteiger partial charge in [-0.05, 0) is 0 Å². The summed E-state index contributed by atoms with van der Waals surface area (Å²) in [5.74, 6) is 0. The van der Waals surface area contributed by atoms with Gasteiger partial charge < -0.3 is 10.2 Å². The van der Waals surface area contributed by atoms with Crippen LogP contribution in [0.5, 0.6) is 0 Å². The number of nitroso groups, excluding NO2 is 1. The van der Waals surface area contributed by atoms with Gasteiger partial charge in [0, 0.05) is 21.1 Å². The van der Waals surface area contributed by atoms with Gasteiger partial charge in [0.2, 0.25) is 0 Å². The van der Waals surface area contributed by atoms with Crippen molar-refractivity contribution in [1.82, 2.24) is 10.2 Å². The lowest BCUT2D eigenvalue weighted by molar-refractivity contribution is 0.219. The highest BCUT2D eigenvalue weighted by Gasteiger charge is 1.94. The van der Waals surface area contributed by atoms with Crippen molar-refractivity contribution in [2.45, 2.75) is 0 Å². The molecule has 0 aromatic heterocycles. The first kappa shape index (κ1) is 11.6. The first-order chi connectivity index (χ1) is 4.59. The second-order valence-electron chi connectivity index (χ2n) is 1.63. The summed E-state index contributed by atoms with van der Waals surface area (Å²) in [6.07, 6.45) is 0. The Kier molecular flexibility index (Phi) is 9.16. The number of rotatable bonds is 0. The molecule has 5 heteroatoms. The molecule has 0 aliphatic heterocycles. The summed E-state index contributed by atoms with van der Waals surface area (Å²) in [7, 11) is 6.18. The normalized spacial score (nSPS) is 6.80. The molecule has 0 saturated heterocycles. The van der Waals surface area contributed by atoms with Crippen LogP contribution in [0.2, 0.25) is 0 Å². The molecule has 5 nitrogen and oxygen atoms in total. The fourth-order valence-corrected chi connectivity index (χ4v) is 0.224. The zero-order valence-electron chi connectivity index (χ0n) is 6.71. The summed E-state index contributed by atoms with van der Waals surface area (Å²) in [5.41, 5.74) is 0. The second kappa shape index (κ2) is 7.87. The van der Waals surface area contributed by atoms with E-state index in [9.17, 15) is 4.79 Å². The first-order valence-electron chi connectivity index (χ1n) is 2.70. The van der Waals surface area contributed by atoms with Crippen molar-refractivity contribution >= 4 is 6.03 Å². The highest BCUT2D eigenvalue weighted by molar-refractivity contribution is 5.72. The minimum absolute atomic E-state index is 0.0694. The third-order valence-electron chi connectivity index (χ3n) is 0.620. The Bertz CT molecular complexity index is 103. The van der Waals surface area contributed by atoms with Crippen LogP contribution in [0.3, 0.4) is 0 Å². The lowest BCUT2D eigenvalue weighted by Gasteiger charge is -2.06. The molecule has 0 bridgehead atoms. The van der Waals surface area contributed by atoms with E-state index in [1.807, 2.05) is 0 Å². The molecule has 2 amide bonds. The molecule has 60 valence electrons. The molecule has 0 saturated carbocycles. The molecule has 10 heavy (non-hydrogen) atoms. The fourth-order valence-electron chi connectivity index (χ4n) is 0.224. The molecule has 0 radical (unpaired) electrons. The van der Waals surface area contributed by atoms with Gasteiger partial charge in [-0.3, -0.25) is 0 Å². The second-order valence-corrected chi connectivity index (χ2v) is 1.63. The standard InChI is InChI=1S/C4H10N2O.CH3NO/c1-5-4(7)6(2)3;1-2-3/h1-3H3,(H,5,7);1H3. The number of nitrogens with zero attached hydrogens (tertiary/aromatic N) is 2. The van der Waals surface area contributed by atoms with E-state index < -0.39 is 0 Å². The van der Waals surface area contributed by atoms with Gasteiger partial charge in [-0.15, -0.1) is 0 Å². The van der Waals surface area contributed by atoms with Crippen LogP contribution in [-0.4, -0.2) is 39.1 Å². The van der Waals surface area contributed by atoms with Crippen LogP contribution in [0.15, 0.2) is 5.18 Å². The van der Waals surface area contributed by atoms with Crippen molar-refractivity contribution in [3.8, 4) is 0 Å². The Balaban J connectivity index is 0. The number of amides is 2. The molecule has 0 spiro atoms. The van der Waals surface area contributed by atoms with Crippen molar-refractivity contribution in [1.29, 1.82) is 0 Å². The molecule has 0 heterocycles. The number of carbonyl (C=O) groups excluding carboxylic acids is 1. The topological polar surface area (TPSA) is 61.8 Å². The highest BCUT2D eigenvalue weighted by Crippen LogP contribution is 1.70. The maximum absolute atomic E-state index is 10.3. The van der Waals surface area contributed by atoms with Gasteiger partial charge in [0.25, 0.3) is 0 Å². The van der Waals surface area contributed by atoms with E-state index in [2.05, 4.69) is 10.5 Å². The molecular formula is C5H13N3O2. The smallest absolute Gasteiger partial charge is 0.316 e. The third-order valence-corrected chi connectivity index (χ3v) is 0.620. The Morgan fingerprint density at radius 1 is 1.50 bits per heavy atom. The summed E-state index contributed by atoms with van der Waals surface area (Å²) < 4.78 is 0. The van der Waals surface area contributed by atoms with Crippen LogP contribution in [0.1, 0.15) is 0 Å². The van der Waals surface area contributed by atoms with Crippen LogP contribution < -0.4 is 5.32 Å². The van der Waals surface area contributed by atoms with E-state index in [1.54, 1.807) is 21.1 Å². The number of urea groups is 1. The lowest BCUT2D eigenvalue weighted by Crippen LogP contribution is -2.31. The van der Waals surface area contributed by atoms with Gasteiger partial charge in [0.05, 0.1) is 7.05 Å². The zero-order chi connectivity index (χ0) is 8.57. The maximum atomic E-state index is 10.3. The van der Waals surface area contributed by atoms with Gasteiger partial charge in [0.15, 0.2) is 0 Å². The molecule has 0 rings (SSSR count). The molecular weight excluding hydrogens is 134 g/mol. The van der Waals surface area contributed by atoms with E-state index in [0.29, 0.717) is 0 Å². The molecule has 0 aliphatic carbocycles. The van der Waals surface area contributed by atoms with Gasteiger partial charge in [0.1, 0.15) is 0 Å². The van der Waals surface area contributed by atoms with Crippen molar-refractivity contribution in [2.24, 2.45) is 5.18 Å². The Morgan fingerprint density at radius 2 is 1.80 bits per heavy atom. The Labute approximate surface area is 60.4 Å². The fraction of sp³-hybridized carbons (Fsp3) is 0.800. The van der Waals surface area contributed by atoms with E-state index in [0.717, 1.165) is 0 Å². The molecule has 1 N–H and O–H groups in total. The third kappa shape index (κ3) is 9.98. The van der Waals surface area contributed by atoms with Crippen LogP contribution in [0, 0.1) is 4.91 Å². The van der Waals surface area contributed by atoms with Gasteiger partial charge in [-0.1, -0.05) is 5.18 Å². The van der Waals surface area contributed by atoms with Crippen molar-refractivity contribution in [3.05, 3.63) is 4.91 Å². The summed E-state index contributed by atoms with van der Waals surface area (Å²) in [5, 5.41) is 4.70. The minimum Gasteiger partial charge on any atom is -0.341 e. The number of hydrogen-bond donors (Lipinski definition) is 1. The Morgan fingerprint density at radius 3 is 1.80 bits per heavy atom. The number of carbonyl (C=O) groups is 1. The summed E-state index contributed by atoms with van der Waals surface area (Å²) in [6.45, 7) is 0. The molecule has 0 aliphatic rings. The lowest BCUT2D eigenvalue weighted by atomic mass is 10.8. The average molecular weight is 147 g/mol. The number of nitrogens with one attached hydrogen (secondary N) is 1. The molecule has 0 aromatic rings. The summed E-state index contributed by atoms with van der Waals surface area (Å²) >= 11 is 0. The summed E-state index contributed by atoms with van der Waals surface area (Å²) in [6, 6.07) is -0.0694. The van der Waals surface area contributed by atoms with E-state index in [1.165, 1.54) is 11.9 Å². The van der Waals surface area contributed by atoms with Gasteiger partial charge in [-0.2, -0.15) is 4.91 Å². The zero-order valence-corrected chi connectivity index (χ0v) is 6.71. The molecule has 0 fully saturated rings. The van der Waals surface area contributed by atoms with Crippen LogP contribution in [0.4, 0.5) is 4.79 Å². The van der Waals surface area contributed by atoms with Crippen LogP contribution in [0.25, 0.3) is 0 Å².